The predicted octanol–water partition coefficient (Wildman–Crippen LogP) is 2.26. The third-order valence-corrected chi connectivity index (χ3v) is 3.10. The maximum atomic E-state index is 13.3. The van der Waals surface area contributed by atoms with E-state index in [9.17, 15) is 13.6 Å². The summed E-state index contributed by atoms with van der Waals surface area (Å²) in [5.74, 6) is -0.485. The first-order valence-electron chi connectivity index (χ1n) is 6.95. The molecule has 2 N–H and O–H groups in total. The Hall–Kier alpha value is -3.36. The van der Waals surface area contributed by atoms with Crippen molar-refractivity contribution in [1.29, 1.82) is 0 Å². The zero-order valence-corrected chi connectivity index (χ0v) is 12.3. The Morgan fingerprint density at radius 2 is 1.88 bits per heavy atom. The van der Waals surface area contributed by atoms with Crippen LogP contribution in [0.25, 0.3) is 5.69 Å². The molecule has 1 heterocycles. The second-order valence-electron chi connectivity index (χ2n) is 4.80. The molecular formula is C15H12F2N6O. The van der Waals surface area contributed by atoms with Gasteiger partial charge in [0, 0.05) is 5.69 Å². The summed E-state index contributed by atoms with van der Waals surface area (Å²) >= 11 is 0. The molecule has 3 rings (SSSR count). The fourth-order valence-electron chi connectivity index (χ4n) is 1.99. The number of nitrogens with zero attached hydrogens (tertiary/aromatic N) is 4. The summed E-state index contributed by atoms with van der Waals surface area (Å²) in [5, 5.41) is 16.2. The molecule has 0 atom stereocenters. The van der Waals surface area contributed by atoms with Crippen molar-refractivity contribution in [3.05, 3.63) is 66.0 Å². The van der Waals surface area contributed by atoms with E-state index in [0.717, 1.165) is 0 Å². The van der Waals surface area contributed by atoms with E-state index in [4.69, 9.17) is 0 Å². The molecule has 0 spiro atoms. The van der Waals surface area contributed by atoms with E-state index in [1.165, 1.54) is 47.1 Å². The molecular weight excluding hydrogens is 318 g/mol. The summed E-state index contributed by atoms with van der Waals surface area (Å²) in [6.07, 6.45) is 0. The number of aromatic nitrogens is 4. The first-order valence-corrected chi connectivity index (χ1v) is 6.95. The van der Waals surface area contributed by atoms with Crippen LogP contribution in [0.5, 0.6) is 0 Å². The minimum absolute atomic E-state index is 0.0243. The molecule has 0 aliphatic rings. The van der Waals surface area contributed by atoms with Crippen LogP contribution in [0.3, 0.4) is 0 Å². The summed E-state index contributed by atoms with van der Waals surface area (Å²) in [6, 6.07) is 10.6. The molecule has 0 unspecified atom stereocenters. The quantitative estimate of drug-likeness (QED) is 0.768. The van der Waals surface area contributed by atoms with Gasteiger partial charge in [0.2, 0.25) is 0 Å². The monoisotopic (exact) mass is 330 g/mol. The minimum Gasteiger partial charge on any atom is -0.330 e. The van der Waals surface area contributed by atoms with Crippen molar-refractivity contribution in [1.82, 2.24) is 25.5 Å². The van der Waals surface area contributed by atoms with Gasteiger partial charge in [0.1, 0.15) is 11.6 Å². The number of carbonyl (C=O) groups excluding carboxylic acids is 1. The molecule has 24 heavy (non-hydrogen) atoms. The van der Waals surface area contributed by atoms with Crippen LogP contribution in [0.1, 0.15) is 5.82 Å². The molecule has 1 aromatic heterocycles. The number of rotatable bonds is 4. The van der Waals surface area contributed by atoms with Gasteiger partial charge in [-0.3, -0.25) is 0 Å². The molecule has 2 amide bonds. The number of carbonyl (C=O) groups is 1. The minimum atomic E-state index is -0.504. The number of amides is 2. The first kappa shape index (κ1) is 15.5. The van der Waals surface area contributed by atoms with Gasteiger partial charge in [-0.2, -0.15) is 4.68 Å². The Bertz CT molecular complexity index is 849. The Morgan fingerprint density at radius 1 is 1.08 bits per heavy atom. The summed E-state index contributed by atoms with van der Waals surface area (Å²) in [7, 11) is 0. The molecule has 7 nitrogen and oxygen atoms in total. The topological polar surface area (TPSA) is 84.7 Å². The van der Waals surface area contributed by atoms with Gasteiger partial charge in [-0.1, -0.05) is 6.07 Å². The van der Waals surface area contributed by atoms with Gasteiger partial charge in [0.15, 0.2) is 5.82 Å². The summed E-state index contributed by atoms with van der Waals surface area (Å²) in [6.45, 7) is 0.0243. The second-order valence-corrected chi connectivity index (χ2v) is 4.80. The number of urea groups is 1. The van der Waals surface area contributed by atoms with Crippen molar-refractivity contribution in [2.45, 2.75) is 6.54 Å². The number of halogens is 2. The molecule has 122 valence electrons. The average Bonchev–Trinajstić information content (AvgIpc) is 3.04. The van der Waals surface area contributed by atoms with Gasteiger partial charge >= 0.3 is 6.03 Å². The van der Waals surface area contributed by atoms with Gasteiger partial charge in [-0.25, -0.2) is 13.6 Å². The number of benzene rings is 2. The second kappa shape index (κ2) is 6.82. The van der Waals surface area contributed by atoms with Crippen LogP contribution in [0.15, 0.2) is 48.5 Å². The van der Waals surface area contributed by atoms with Crippen molar-refractivity contribution >= 4 is 11.7 Å². The van der Waals surface area contributed by atoms with E-state index in [1.54, 1.807) is 6.07 Å². The van der Waals surface area contributed by atoms with Gasteiger partial charge < -0.3 is 10.6 Å². The molecule has 0 radical (unpaired) electrons. The van der Waals surface area contributed by atoms with Gasteiger partial charge in [0.05, 0.1) is 12.2 Å². The molecule has 0 saturated carbocycles. The number of anilines is 1. The van der Waals surface area contributed by atoms with Crippen LogP contribution < -0.4 is 10.6 Å². The zero-order valence-electron chi connectivity index (χ0n) is 12.3. The van der Waals surface area contributed by atoms with E-state index < -0.39 is 17.7 Å². The van der Waals surface area contributed by atoms with Crippen LogP contribution in [0, 0.1) is 11.6 Å². The highest BCUT2D eigenvalue weighted by molar-refractivity contribution is 5.89. The van der Waals surface area contributed by atoms with E-state index in [1.807, 2.05) is 0 Å². The van der Waals surface area contributed by atoms with E-state index in [2.05, 4.69) is 26.2 Å². The number of hydrogen-bond acceptors (Lipinski definition) is 4. The van der Waals surface area contributed by atoms with Crippen LogP contribution in [-0.4, -0.2) is 26.2 Å². The summed E-state index contributed by atoms with van der Waals surface area (Å²) < 4.78 is 27.4. The Labute approximate surface area is 135 Å². The highest BCUT2D eigenvalue weighted by Crippen LogP contribution is 2.10. The van der Waals surface area contributed by atoms with Crippen molar-refractivity contribution in [3.8, 4) is 5.69 Å². The molecule has 3 aromatic rings. The first-order chi connectivity index (χ1) is 11.6. The van der Waals surface area contributed by atoms with Crippen molar-refractivity contribution in [2.24, 2.45) is 0 Å². The van der Waals surface area contributed by atoms with Crippen molar-refractivity contribution in [3.63, 3.8) is 0 Å². The fraction of sp³-hybridized carbons (Fsp3) is 0.0667. The molecule has 0 aliphatic carbocycles. The molecule has 0 aliphatic heterocycles. The maximum Gasteiger partial charge on any atom is 0.319 e. The smallest absolute Gasteiger partial charge is 0.319 e. The summed E-state index contributed by atoms with van der Waals surface area (Å²) in [4.78, 5) is 11.8. The molecule has 0 bridgehead atoms. The highest BCUT2D eigenvalue weighted by atomic mass is 19.1. The van der Waals surface area contributed by atoms with Crippen molar-refractivity contribution in [2.75, 3.05) is 5.32 Å². The largest absolute Gasteiger partial charge is 0.330 e. The zero-order chi connectivity index (χ0) is 16.9. The van der Waals surface area contributed by atoms with Gasteiger partial charge in [0.25, 0.3) is 0 Å². The third-order valence-electron chi connectivity index (χ3n) is 3.10. The average molecular weight is 330 g/mol. The molecule has 9 heteroatoms. The van der Waals surface area contributed by atoms with E-state index in [0.29, 0.717) is 17.2 Å². The number of tetrazole rings is 1. The third kappa shape index (κ3) is 3.69. The normalized spacial score (nSPS) is 10.4. The number of hydrogen-bond donors (Lipinski definition) is 2. The Balaban J connectivity index is 1.64. The molecule has 2 aromatic carbocycles. The predicted molar refractivity (Wildman–Crippen MR) is 81.4 cm³/mol. The Morgan fingerprint density at radius 3 is 2.62 bits per heavy atom. The standard InChI is InChI=1S/C15H12F2N6O/c16-10-4-6-12(7-5-10)19-15(24)18-9-14-20-21-22-23(14)13-3-1-2-11(17)8-13/h1-8H,9H2,(H2,18,19,24). The highest BCUT2D eigenvalue weighted by Gasteiger charge is 2.10. The van der Waals surface area contributed by atoms with Gasteiger partial charge in [-0.05, 0) is 52.9 Å². The Kier molecular flexibility index (Phi) is 4.41. The lowest BCUT2D eigenvalue weighted by Crippen LogP contribution is -2.29. The van der Waals surface area contributed by atoms with Gasteiger partial charge in [-0.15, -0.1) is 5.10 Å². The lowest BCUT2D eigenvalue weighted by atomic mass is 10.3. The van der Waals surface area contributed by atoms with Crippen LogP contribution in [0.2, 0.25) is 0 Å². The number of nitrogens with one attached hydrogen (secondary N) is 2. The van der Waals surface area contributed by atoms with Crippen LogP contribution in [0.4, 0.5) is 19.3 Å². The summed E-state index contributed by atoms with van der Waals surface area (Å²) in [5.41, 5.74) is 0.884. The van der Waals surface area contributed by atoms with E-state index in [-0.39, 0.29) is 6.54 Å². The SMILES string of the molecule is O=C(NCc1nnnn1-c1cccc(F)c1)Nc1ccc(F)cc1. The fourth-order valence-corrected chi connectivity index (χ4v) is 1.99. The van der Waals surface area contributed by atoms with Crippen molar-refractivity contribution < 1.29 is 13.6 Å². The van der Waals surface area contributed by atoms with Crippen LogP contribution >= 0.6 is 0 Å². The lowest BCUT2D eigenvalue weighted by Gasteiger charge is -2.08. The van der Waals surface area contributed by atoms with E-state index >= 15 is 0 Å². The molecule has 0 saturated heterocycles. The maximum absolute atomic E-state index is 13.3. The molecule has 0 fully saturated rings. The van der Waals surface area contributed by atoms with Crippen LogP contribution in [-0.2, 0) is 6.54 Å². The lowest BCUT2D eigenvalue weighted by molar-refractivity contribution is 0.251.